The number of ketones is 1. The van der Waals surface area contributed by atoms with E-state index in [1.54, 1.807) is 0 Å². The first-order valence-electron chi connectivity index (χ1n) is 14.7. The zero-order chi connectivity index (χ0) is 28.7. The zero-order valence-corrected chi connectivity index (χ0v) is 24.5. The summed E-state index contributed by atoms with van der Waals surface area (Å²) in [7, 11) is 0. The van der Waals surface area contributed by atoms with E-state index in [0.717, 1.165) is 58.3 Å². The molecule has 2 aromatic heterocycles. The predicted octanol–water partition coefficient (Wildman–Crippen LogP) is 6.86. The van der Waals surface area contributed by atoms with Crippen LogP contribution in [0.2, 0.25) is 5.02 Å². The highest BCUT2D eigenvalue weighted by molar-refractivity contribution is 6.30. The number of hydrogen-bond acceptors (Lipinski definition) is 5. The van der Waals surface area contributed by atoms with Gasteiger partial charge in [0.25, 0.3) is 0 Å². The fourth-order valence-electron chi connectivity index (χ4n) is 5.56. The molecule has 0 aliphatic carbocycles. The van der Waals surface area contributed by atoms with Crippen LogP contribution in [0.5, 0.6) is 5.75 Å². The van der Waals surface area contributed by atoms with Crippen LogP contribution in [0.15, 0.2) is 91.0 Å². The number of carbonyl (C=O) groups excluding carboxylic acids is 1. The van der Waals surface area contributed by atoms with Gasteiger partial charge in [0.05, 0.1) is 5.69 Å². The van der Waals surface area contributed by atoms with E-state index in [9.17, 15) is 4.79 Å². The van der Waals surface area contributed by atoms with Gasteiger partial charge in [0.15, 0.2) is 11.5 Å². The fourth-order valence-corrected chi connectivity index (χ4v) is 5.77. The Hall–Kier alpha value is -4.00. The van der Waals surface area contributed by atoms with Crippen molar-refractivity contribution in [2.45, 2.75) is 38.5 Å². The monoisotopic (exact) mass is 578 g/mol. The first kappa shape index (κ1) is 28.1. The van der Waals surface area contributed by atoms with Crippen molar-refractivity contribution in [2.24, 2.45) is 0 Å². The number of nitrogens with zero attached hydrogens (tertiary/aromatic N) is 4. The van der Waals surface area contributed by atoms with Gasteiger partial charge in [-0.25, -0.2) is 9.50 Å². The summed E-state index contributed by atoms with van der Waals surface area (Å²) in [6.45, 7) is 4.08. The van der Waals surface area contributed by atoms with E-state index in [0.29, 0.717) is 30.7 Å². The Kier molecular flexibility index (Phi) is 8.92. The van der Waals surface area contributed by atoms with Gasteiger partial charge in [-0.05, 0) is 91.5 Å². The van der Waals surface area contributed by atoms with Gasteiger partial charge in [-0.15, -0.1) is 0 Å². The topological polar surface area (TPSA) is 59.7 Å². The van der Waals surface area contributed by atoms with Gasteiger partial charge in [0.1, 0.15) is 18.1 Å². The van der Waals surface area contributed by atoms with Gasteiger partial charge in [-0.3, -0.25) is 9.69 Å². The van der Waals surface area contributed by atoms with Crippen molar-refractivity contribution < 1.29 is 9.53 Å². The molecule has 0 radical (unpaired) electrons. The second-order valence-corrected chi connectivity index (χ2v) is 11.4. The van der Waals surface area contributed by atoms with Crippen molar-refractivity contribution in [3.63, 3.8) is 0 Å². The van der Waals surface area contributed by atoms with Crippen molar-refractivity contribution in [2.75, 3.05) is 26.2 Å². The first-order chi connectivity index (χ1) is 20.6. The maximum atomic E-state index is 12.6. The molecule has 3 heterocycles. The Bertz CT molecular complexity index is 1660. The summed E-state index contributed by atoms with van der Waals surface area (Å²) >= 11 is 6.07. The van der Waals surface area contributed by atoms with Crippen LogP contribution >= 0.6 is 11.6 Å². The maximum absolute atomic E-state index is 12.6. The molecule has 1 fully saturated rings. The van der Waals surface area contributed by atoms with Crippen LogP contribution < -0.4 is 4.74 Å². The lowest BCUT2D eigenvalue weighted by Gasteiger charge is -2.14. The van der Waals surface area contributed by atoms with Crippen LogP contribution in [0.3, 0.4) is 0 Å². The number of aromatic nitrogens is 3. The van der Waals surface area contributed by atoms with Gasteiger partial charge < -0.3 is 4.74 Å². The summed E-state index contributed by atoms with van der Waals surface area (Å²) in [5.41, 5.74) is 6.04. The first-order valence-corrected chi connectivity index (χ1v) is 15.1. The van der Waals surface area contributed by atoms with E-state index >= 15 is 0 Å². The summed E-state index contributed by atoms with van der Waals surface area (Å²) < 4.78 is 7.87. The number of likely N-dealkylation sites (tertiary alicyclic amines) is 1. The molecule has 7 heteroatoms. The van der Waals surface area contributed by atoms with Gasteiger partial charge in [0.2, 0.25) is 0 Å². The van der Waals surface area contributed by atoms with E-state index in [1.807, 2.05) is 59.1 Å². The van der Waals surface area contributed by atoms with Crippen LogP contribution in [0.1, 0.15) is 41.8 Å². The third-order valence-corrected chi connectivity index (χ3v) is 8.00. The van der Waals surface area contributed by atoms with E-state index < -0.39 is 0 Å². The minimum absolute atomic E-state index is 0.201. The lowest BCUT2D eigenvalue weighted by molar-refractivity contribution is -0.118. The molecule has 6 nitrogen and oxygen atoms in total. The van der Waals surface area contributed by atoms with E-state index in [4.69, 9.17) is 26.4 Å². The molecule has 5 aromatic rings. The van der Waals surface area contributed by atoms with Crippen LogP contribution in [-0.2, 0) is 24.1 Å². The average Bonchev–Trinajstić information content (AvgIpc) is 3.67. The maximum Gasteiger partial charge on any atom is 0.156 e. The minimum atomic E-state index is 0.201. The summed E-state index contributed by atoms with van der Waals surface area (Å²) in [4.78, 5) is 19.9. The molecule has 1 saturated heterocycles. The lowest BCUT2D eigenvalue weighted by Crippen LogP contribution is -2.25. The second kappa shape index (κ2) is 13.3. The van der Waals surface area contributed by atoms with Gasteiger partial charge in [-0.2, -0.15) is 5.10 Å². The summed E-state index contributed by atoms with van der Waals surface area (Å²) in [6, 6.07) is 30.1. The number of fused-ring (bicyclic) bond motifs is 1. The molecule has 1 aliphatic heterocycles. The van der Waals surface area contributed by atoms with E-state index in [-0.39, 0.29) is 5.78 Å². The molecule has 6 rings (SSSR count). The number of aryl methyl sites for hydroxylation is 1. The number of pyridine rings is 1. The molecule has 0 bridgehead atoms. The van der Waals surface area contributed by atoms with Gasteiger partial charge >= 0.3 is 0 Å². The molecule has 42 heavy (non-hydrogen) atoms. The van der Waals surface area contributed by atoms with Crippen LogP contribution in [0.4, 0.5) is 0 Å². The number of rotatable bonds is 12. The number of Topliss-reactive ketones (excluding diaryl/α,β-unsaturated/α-hetero) is 1. The minimum Gasteiger partial charge on any atom is -0.492 e. The SMILES string of the molecule is O=C(CCc1cccc(-c2cccc3nc(Cc4ccc(OCCN5CCCC5)cc4)nn23)c1)Cc1cccc(Cl)c1. The quantitative estimate of drug-likeness (QED) is 0.162. The third-order valence-electron chi connectivity index (χ3n) is 7.77. The Balaban J connectivity index is 1.09. The number of benzene rings is 3. The predicted molar refractivity (Wildman–Crippen MR) is 167 cm³/mol. The molecule has 0 unspecified atom stereocenters. The average molecular weight is 579 g/mol. The number of carbonyl (C=O) groups is 1. The standard InChI is InChI=1S/C35H35ClN4O2/c36-30-9-4-7-28(23-30)24-31(41)15-12-26-6-3-8-29(22-26)33-10-5-11-35-37-34(38-40(33)35)25-27-13-16-32(17-14-27)42-21-20-39-18-1-2-19-39/h3-11,13-14,16-17,22-23H,1-2,12,15,18-21,24-25H2. The third kappa shape index (κ3) is 7.25. The van der Waals surface area contributed by atoms with Crippen molar-refractivity contribution >= 4 is 23.0 Å². The van der Waals surface area contributed by atoms with Crippen molar-refractivity contribution in [3.05, 3.63) is 119 Å². The number of halogens is 1. The number of hydrogen-bond donors (Lipinski definition) is 0. The highest BCUT2D eigenvalue weighted by Gasteiger charge is 2.13. The highest BCUT2D eigenvalue weighted by Crippen LogP contribution is 2.23. The molecule has 214 valence electrons. The van der Waals surface area contributed by atoms with E-state index in [1.165, 1.54) is 25.9 Å². The van der Waals surface area contributed by atoms with E-state index in [2.05, 4.69) is 41.3 Å². The Morgan fingerprint density at radius 1 is 0.857 bits per heavy atom. The lowest BCUT2D eigenvalue weighted by atomic mass is 10.0. The molecule has 0 atom stereocenters. The van der Waals surface area contributed by atoms with Crippen molar-refractivity contribution in [1.29, 1.82) is 0 Å². The van der Waals surface area contributed by atoms with Crippen molar-refractivity contribution in [1.82, 2.24) is 19.5 Å². The Morgan fingerprint density at radius 2 is 1.64 bits per heavy atom. The fraction of sp³-hybridized carbons (Fsp3) is 0.286. The largest absolute Gasteiger partial charge is 0.492 e. The number of ether oxygens (including phenoxy) is 1. The zero-order valence-electron chi connectivity index (χ0n) is 23.7. The molecule has 0 amide bonds. The second-order valence-electron chi connectivity index (χ2n) is 11.0. The molecule has 0 spiro atoms. The van der Waals surface area contributed by atoms with Crippen LogP contribution in [-0.4, -0.2) is 51.5 Å². The smallest absolute Gasteiger partial charge is 0.156 e. The summed E-state index contributed by atoms with van der Waals surface area (Å²) in [5.74, 6) is 1.87. The molecule has 1 aliphatic rings. The normalized spacial score (nSPS) is 13.5. The Labute approximate surface area is 251 Å². The molecular weight excluding hydrogens is 544 g/mol. The summed E-state index contributed by atoms with van der Waals surface area (Å²) in [5, 5.41) is 5.52. The molecule has 0 saturated carbocycles. The van der Waals surface area contributed by atoms with Gasteiger partial charge in [0, 0.05) is 36.4 Å². The Morgan fingerprint density at radius 3 is 2.48 bits per heavy atom. The highest BCUT2D eigenvalue weighted by atomic mass is 35.5. The van der Waals surface area contributed by atoms with Crippen LogP contribution in [0, 0.1) is 0 Å². The summed E-state index contributed by atoms with van der Waals surface area (Å²) in [6.07, 6.45) is 4.81. The molecule has 0 N–H and O–H groups in total. The van der Waals surface area contributed by atoms with Crippen LogP contribution in [0.25, 0.3) is 16.9 Å². The molecule has 3 aromatic carbocycles. The molecular formula is C35H35ClN4O2. The van der Waals surface area contributed by atoms with Crippen molar-refractivity contribution in [3.8, 4) is 17.0 Å². The van der Waals surface area contributed by atoms with Gasteiger partial charge in [-0.1, -0.05) is 60.1 Å².